The summed E-state index contributed by atoms with van der Waals surface area (Å²) >= 11 is 0. The van der Waals surface area contributed by atoms with E-state index < -0.39 is 0 Å². The zero-order chi connectivity index (χ0) is 13.3. The number of nitrogens with two attached hydrogens (primary N) is 1. The van der Waals surface area contributed by atoms with Gasteiger partial charge in [0.25, 0.3) is 0 Å². The molecule has 0 saturated carbocycles. The van der Waals surface area contributed by atoms with Crippen molar-refractivity contribution >= 4 is 0 Å². The topological polar surface area (TPSA) is 43.8 Å². The molecule has 1 aromatic carbocycles. The highest BCUT2D eigenvalue weighted by Gasteiger charge is 2.11. The van der Waals surface area contributed by atoms with Crippen LogP contribution in [0.2, 0.25) is 0 Å². The van der Waals surface area contributed by atoms with Crippen molar-refractivity contribution in [1.82, 2.24) is 9.78 Å². The Hall–Kier alpha value is -1.61. The molecule has 0 saturated heterocycles. The summed E-state index contributed by atoms with van der Waals surface area (Å²) in [5.41, 5.74) is 11.8. The molecule has 0 aliphatic rings. The highest BCUT2D eigenvalue weighted by molar-refractivity contribution is 5.39. The molecule has 1 unspecified atom stereocenters. The zero-order valence-corrected chi connectivity index (χ0v) is 11.6. The second-order valence-corrected chi connectivity index (χ2v) is 4.79. The molecule has 18 heavy (non-hydrogen) atoms. The molecule has 1 atom stereocenters. The molecule has 2 N–H and O–H groups in total. The molecule has 0 spiro atoms. The zero-order valence-electron chi connectivity index (χ0n) is 11.6. The largest absolute Gasteiger partial charge is 0.324 e. The van der Waals surface area contributed by atoms with Gasteiger partial charge in [-0.3, -0.25) is 0 Å². The first-order valence-electron chi connectivity index (χ1n) is 6.45. The Morgan fingerprint density at radius 2 is 1.83 bits per heavy atom. The summed E-state index contributed by atoms with van der Waals surface area (Å²) in [5.74, 6) is 0. The molecule has 0 radical (unpaired) electrons. The first kappa shape index (κ1) is 12.8. The van der Waals surface area contributed by atoms with E-state index in [0.29, 0.717) is 0 Å². The van der Waals surface area contributed by atoms with Crippen LogP contribution in [0.4, 0.5) is 0 Å². The van der Waals surface area contributed by atoms with Gasteiger partial charge in [0.1, 0.15) is 0 Å². The summed E-state index contributed by atoms with van der Waals surface area (Å²) in [7, 11) is 0. The Morgan fingerprint density at radius 3 is 2.28 bits per heavy atom. The second kappa shape index (κ2) is 4.94. The van der Waals surface area contributed by atoms with Gasteiger partial charge >= 0.3 is 0 Å². The Balaban J connectivity index is 2.43. The van der Waals surface area contributed by atoms with Crippen molar-refractivity contribution in [3.05, 3.63) is 46.8 Å². The third-order valence-electron chi connectivity index (χ3n) is 3.46. The van der Waals surface area contributed by atoms with Crippen molar-refractivity contribution < 1.29 is 0 Å². The first-order chi connectivity index (χ1) is 8.54. The van der Waals surface area contributed by atoms with Crippen LogP contribution in [0.25, 0.3) is 5.69 Å². The third kappa shape index (κ3) is 2.18. The predicted molar refractivity (Wildman–Crippen MR) is 75.0 cm³/mol. The normalized spacial score (nSPS) is 12.7. The average molecular weight is 243 g/mol. The van der Waals surface area contributed by atoms with E-state index in [9.17, 15) is 0 Å². The molecule has 0 bridgehead atoms. The molecule has 3 heteroatoms. The SMILES string of the molecule is CCc1c(C)nn(-c2ccc(C(C)N)cc2)c1C. The highest BCUT2D eigenvalue weighted by Crippen LogP contribution is 2.19. The lowest BCUT2D eigenvalue weighted by atomic mass is 10.1. The minimum absolute atomic E-state index is 0.0747. The molecule has 1 aromatic heterocycles. The molecule has 2 rings (SSSR count). The van der Waals surface area contributed by atoms with E-state index in [0.717, 1.165) is 23.4 Å². The van der Waals surface area contributed by atoms with Crippen LogP contribution in [0.15, 0.2) is 24.3 Å². The van der Waals surface area contributed by atoms with Crippen LogP contribution in [-0.4, -0.2) is 9.78 Å². The van der Waals surface area contributed by atoms with Crippen molar-refractivity contribution in [2.45, 2.75) is 40.2 Å². The van der Waals surface area contributed by atoms with Crippen LogP contribution < -0.4 is 5.73 Å². The number of rotatable bonds is 3. The van der Waals surface area contributed by atoms with E-state index in [1.54, 1.807) is 0 Å². The lowest BCUT2D eigenvalue weighted by Gasteiger charge is -2.08. The van der Waals surface area contributed by atoms with Crippen LogP contribution in [-0.2, 0) is 6.42 Å². The molecular weight excluding hydrogens is 222 g/mol. The molecular formula is C15H21N3. The van der Waals surface area contributed by atoms with Gasteiger partial charge in [-0.1, -0.05) is 19.1 Å². The summed E-state index contributed by atoms with van der Waals surface area (Å²) in [6.45, 7) is 8.35. The highest BCUT2D eigenvalue weighted by atomic mass is 15.3. The minimum atomic E-state index is 0.0747. The quantitative estimate of drug-likeness (QED) is 0.900. The van der Waals surface area contributed by atoms with E-state index in [1.807, 2.05) is 11.6 Å². The van der Waals surface area contributed by atoms with E-state index in [2.05, 4.69) is 50.1 Å². The van der Waals surface area contributed by atoms with Gasteiger partial charge in [-0.2, -0.15) is 5.10 Å². The Morgan fingerprint density at radius 1 is 1.22 bits per heavy atom. The summed E-state index contributed by atoms with van der Waals surface area (Å²) in [6, 6.07) is 8.38. The van der Waals surface area contributed by atoms with Crippen molar-refractivity contribution in [3.8, 4) is 5.69 Å². The smallest absolute Gasteiger partial charge is 0.0649 e. The van der Waals surface area contributed by atoms with Gasteiger partial charge in [0, 0.05) is 11.7 Å². The number of nitrogens with zero attached hydrogens (tertiary/aromatic N) is 2. The maximum Gasteiger partial charge on any atom is 0.0649 e. The van der Waals surface area contributed by atoms with Crippen LogP contribution in [0, 0.1) is 13.8 Å². The van der Waals surface area contributed by atoms with E-state index >= 15 is 0 Å². The Bertz CT molecular complexity index is 536. The molecule has 0 amide bonds. The van der Waals surface area contributed by atoms with Crippen molar-refractivity contribution in [2.24, 2.45) is 5.73 Å². The predicted octanol–water partition coefficient (Wildman–Crippen LogP) is 3.07. The van der Waals surface area contributed by atoms with Crippen molar-refractivity contribution in [1.29, 1.82) is 0 Å². The minimum Gasteiger partial charge on any atom is -0.324 e. The van der Waals surface area contributed by atoms with Gasteiger partial charge in [0.2, 0.25) is 0 Å². The molecule has 1 heterocycles. The van der Waals surface area contributed by atoms with E-state index in [1.165, 1.54) is 11.3 Å². The van der Waals surface area contributed by atoms with E-state index in [-0.39, 0.29) is 6.04 Å². The lowest BCUT2D eigenvalue weighted by molar-refractivity contribution is 0.808. The summed E-state index contributed by atoms with van der Waals surface area (Å²) in [5, 5.41) is 4.61. The monoisotopic (exact) mass is 243 g/mol. The van der Waals surface area contributed by atoms with Crippen LogP contribution >= 0.6 is 0 Å². The van der Waals surface area contributed by atoms with Crippen LogP contribution in [0.3, 0.4) is 0 Å². The summed E-state index contributed by atoms with van der Waals surface area (Å²) in [4.78, 5) is 0. The number of hydrogen-bond donors (Lipinski definition) is 1. The van der Waals surface area contributed by atoms with Crippen molar-refractivity contribution in [2.75, 3.05) is 0 Å². The second-order valence-electron chi connectivity index (χ2n) is 4.79. The lowest BCUT2D eigenvalue weighted by Crippen LogP contribution is -2.05. The van der Waals surface area contributed by atoms with E-state index in [4.69, 9.17) is 5.73 Å². The molecule has 0 fully saturated rings. The molecule has 2 aromatic rings. The average Bonchev–Trinajstić information content (AvgIpc) is 2.64. The molecule has 0 aliphatic carbocycles. The van der Waals surface area contributed by atoms with Crippen molar-refractivity contribution in [3.63, 3.8) is 0 Å². The molecule has 0 aliphatic heterocycles. The molecule has 96 valence electrons. The Labute approximate surface area is 109 Å². The van der Waals surface area contributed by atoms with Gasteiger partial charge in [0.05, 0.1) is 11.4 Å². The third-order valence-corrected chi connectivity index (χ3v) is 3.46. The van der Waals surface area contributed by atoms with Gasteiger partial charge in [-0.25, -0.2) is 4.68 Å². The van der Waals surface area contributed by atoms with Crippen LogP contribution in [0.1, 0.15) is 42.4 Å². The van der Waals surface area contributed by atoms with Crippen LogP contribution in [0.5, 0.6) is 0 Å². The molecule has 3 nitrogen and oxygen atoms in total. The number of benzene rings is 1. The summed E-state index contributed by atoms with van der Waals surface area (Å²) in [6.07, 6.45) is 1.02. The summed E-state index contributed by atoms with van der Waals surface area (Å²) < 4.78 is 2.01. The van der Waals surface area contributed by atoms with Gasteiger partial charge in [-0.15, -0.1) is 0 Å². The number of aryl methyl sites for hydroxylation is 1. The maximum absolute atomic E-state index is 5.86. The van der Waals surface area contributed by atoms with Gasteiger partial charge in [-0.05, 0) is 50.5 Å². The fourth-order valence-electron chi connectivity index (χ4n) is 2.36. The van der Waals surface area contributed by atoms with Gasteiger partial charge < -0.3 is 5.73 Å². The number of aromatic nitrogens is 2. The number of hydrogen-bond acceptors (Lipinski definition) is 2. The standard InChI is InChI=1S/C15H21N3/c1-5-15-11(3)17-18(12(15)4)14-8-6-13(7-9-14)10(2)16/h6-10H,5,16H2,1-4H3. The fourth-order valence-corrected chi connectivity index (χ4v) is 2.36. The maximum atomic E-state index is 5.86. The fraction of sp³-hybridized carbons (Fsp3) is 0.400. The van der Waals surface area contributed by atoms with Gasteiger partial charge in [0.15, 0.2) is 0 Å². The Kier molecular flexibility index (Phi) is 3.53. The first-order valence-corrected chi connectivity index (χ1v) is 6.45.